The van der Waals surface area contributed by atoms with E-state index >= 15 is 0 Å². The molecule has 0 bridgehead atoms. The molecule has 2 aromatic heterocycles. The van der Waals surface area contributed by atoms with Crippen molar-refractivity contribution >= 4 is 21.4 Å². The van der Waals surface area contributed by atoms with E-state index < -0.39 is 10.0 Å². The summed E-state index contributed by atoms with van der Waals surface area (Å²) >= 11 is 1.60. The Balaban J connectivity index is 2.15. The van der Waals surface area contributed by atoms with Gasteiger partial charge in [0, 0.05) is 18.0 Å². The number of hydrogen-bond acceptors (Lipinski definition) is 5. The number of nitrogens with zero attached hydrogens (tertiary/aromatic N) is 1. The molecule has 2 aromatic rings. The molecule has 0 fully saturated rings. The predicted molar refractivity (Wildman–Crippen MR) is 77.1 cm³/mol. The minimum Gasteiger partial charge on any atom is -0.446 e. The third-order valence-electron chi connectivity index (χ3n) is 3.12. The van der Waals surface area contributed by atoms with Crippen LogP contribution in [0.15, 0.2) is 39.2 Å². The molecule has 1 atom stereocenters. The van der Waals surface area contributed by atoms with Gasteiger partial charge in [-0.3, -0.25) is 0 Å². The second kappa shape index (κ2) is 6.09. The summed E-state index contributed by atoms with van der Waals surface area (Å²) in [5.74, 6) is 0.239. The number of furan rings is 1. The maximum Gasteiger partial charge on any atom is 0.276 e. The van der Waals surface area contributed by atoms with E-state index in [2.05, 4.69) is 0 Å². The summed E-state index contributed by atoms with van der Waals surface area (Å²) in [6, 6.07) is 6.58. The lowest BCUT2D eigenvalue weighted by Gasteiger charge is -2.22. The van der Waals surface area contributed by atoms with Crippen LogP contribution in [0.1, 0.15) is 17.6 Å². The highest BCUT2D eigenvalue weighted by Crippen LogP contribution is 2.22. The first-order chi connectivity index (χ1) is 9.45. The number of sulfonamides is 1. The van der Waals surface area contributed by atoms with Gasteiger partial charge in [0.2, 0.25) is 5.09 Å². The number of likely N-dealkylation sites (N-methyl/N-ethyl adjacent to an activating group) is 1. The molecule has 0 aliphatic rings. The van der Waals surface area contributed by atoms with E-state index in [1.807, 2.05) is 24.4 Å². The van der Waals surface area contributed by atoms with Crippen LogP contribution in [0.3, 0.4) is 0 Å². The molecule has 0 saturated heterocycles. The van der Waals surface area contributed by atoms with Gasteiger partial charge in [-0.1, -0.05) is 6.07 Å². The van der Waals surface area contributed by atoms with Gasteiger partial charge in [0.25, 0.3) is 10.0 Å². The maximum absolute atomic E-state index is 12.4. The van der Waals surface area contributed by atoms with E-state index in [0.29, 0.717) is 6.42 Å². The van der Waals surface area contributed by atoms with Crippen LogP contribution in [0.25, 0.3) is 0 Å². The summed E-state index contributed by atoms with van der Waals surface area (Å²) in [6.45, 7) is 1.54. The highest BCUT2D eigenvalue weighted by Gasteiger charge is 2.28. The predicted octanol–water partition coefficient (Wildman–Crippen LogP) is 2.09. The third-order valence-corrected chi connectivity index (χ3v) is 5.87. The van der Waals surface area contributed by atoms with Crippen LogP contribution in [0.4, 0.5) is 0 Å². The van der Waals surface area contributed by atoms with Gasteiger partial charge in [0.1, 0.15) is 12.4 Å². The molecule has 0 amide bonds. The van der Waals surface area contributed by atoms with Gasteiger partial charge < -0.3 is 9.52 Å². The standard InChI is InChI=1S/C13H17NO4S2/c1-10(8-12-4-3-7-19-12)14(2)20(16,17)13-6-5-11(9-15)18-13/h3-7,10,15H,8-9H2,1-2H3. The molecule has 0 aromatic carbocycles. The Morgan fingerprint density at radius 3 is 2.70 bits per heavy atom. The first-order valence-electron chi connectivity index (χ1n) is 6.15. The summed E-state index contributed by atoms with van der Waals surface area (Å²) in [4.78, 5) is 1.13. The highest BCUT2D eigenvalue weighted by molar-refractivity contribution is 7.89. The van der Waals surface area contributed by atoms with Gasteiger partial charge in [-0.05, 0) is 36.9 Å². The molecule has 110 valence electrons. The topological polar surface area (TPSA) is 70.8 Å². The van der Waals surface area contributed by atoms with Crippen molar-refractivity contribution in [3.8, 4) is 0 Å². The van der Waals surface area contributed by atoms with Crippen molar-refractivity contribution in [1.29, 1.82) is 0 Å². The lowest BCUT2D eigenvalue weighted by Crippen LogP contribution is -2.36. The Kier molecular flexibility index (Phi) is 4.64. The van der Waals surface area contributed by atoms with E-state index in [-0.39, 0.29) is 23.5 Å². The number of thiophene rings is 1. The maximum atomic E-state index is 12.4. The van der Waals surface area contributed by atoms with Gasteiger partial charge in [0.15, 0.2) is 0 Å². The molecule has 0 saturated carbocycles. The van der Waals surface area contributed by atoms with E-state index in [1.165, 1.54) is 23.5 Å². The fourth-order valence-electron chi connectivity index (χ4n) is 1.81. The fourth-order valence-corrected chi connectivity index (χ4v) is 3.92. The molecule has 0 spiro atoms. The average molecular weight is 315 g/mol. The van der Waals surface area contributed by atoms with Crippen LogP contribution in [-0.2, 0) is 23.1 Å². The fraction of sp³-hybridized carbons (Fsp3) is 0.385. The molecule has 2 rings (SSSR count). The smallest absolute Gasteiger partial charge is 0.276 e. The normalized spacial score (nSPS) is 13.8. The number of aliphatic hydroxyl groups excluding tert-OH is 1. The molecule has 7 heteroatoms. The molecule has 1 N–H and O–H groups in total. The summed E-state index contributed by atoms with van der Waals surface area (Å²) in [5, 5.41) is 10.8. The van der Waals surface area contributed by atoms with Crippen LogP contribution >= 0.6 is 11.3 Å². The van der Waals surface area contributed by atoms with Gasteiger partial charge in [-0.2, -0.15) is 4.31 Å². The van der Waals surface area contributed by atoms with Crippen molar-refractivity contribution in [2.75, 3.05) is 7.05 Å². The third kappa shape index (κ3) is 3.12. The van der Waals surface area contributed by atoms with Gasteiger partial charge in [-0.15, -0.1) is 11.3 Å². The van der Waals surface area contributed by atoms with Gasteiger partial charge in [0.05, 0.1) is 0 Å². The molecule has 2 heterocycles. The van der Waals surface area contributed by atoms with Crippen molar-refractivity contribution in [3.05, 3.63) is 40.3 Å². The van der Waals surface area contributed by atoms with Crippen molar-refractivity contribution in [3.63, 3.8) is 0 Å². The minimum absolute atomic E-state index is 0.137. The molecule has 0 aliphatic carbocycles. The molecule has 5 nitrogen and oxygen atoms in total. The van der Waals surface area contributed by atoms with Crippen LogP contribution in [-0.4, -0.2) is 30.9 Å². The molecule has 0 radical (unpaired) electrons. The Morgan fingerprint density at radius 2 is 2.15 bits per heavy atom. The van der Waals surface area contributed by atoms with Crippen LogP contribution in [0, 0.1) is 0 Å². The largest absolute Gasteiger partial charge is 0.446 e. The Morgan fingerprint density at radius 1 is 1.40 bits per heavy atom. The number of rotatable bonds is 6. The first-order valence-corrected chi connectivity index (χ1v) is 8.47. The average Bonchev–Trinajstić information content (AvgIpc) is 3.08. The first kappa shape index (κ1) is 15.2. The van der Waals surface area contributed by atoms with E-state index in [9.17, 15) is 8.42 Å². The molecular weight excluding hydrogens is 298 g/mol. The quantitative estimate of drug-likeness (QED) is 0.886. The van der Waals surface area contributed by atoms with E-state index in [4.69, 9.17) is 9.52 Å². The van der Waals surface area contributed by atoms with Crippen LogP contribution in [0.5, 0.6) is 0 Å². The SMILES string of the molecule is CC(Cc1cccs1)N(C)S(=O)(=O)c1ccc(CO)o1. The van der Waals surface area contributed by atoms with E-state index in [1.54, 1.807) is 11.3 Å². The zero-order valence-electron chi connectivity index (χ0n) is 11.3. The number of aliphatic hydroxyl groups is 1. The van der Waals surface area contributed by atoms with Crippen LogP contribution < -0.4 is 0 Å². The minimum atomic E-state index is -3.67. The molecular formula is C13H17NO4S2. The van der Waals surface area contributed by atoms with E-state index in [0.717, 1.165) is 4.88 Å². The zero-order valence-corrected chi connectivity index (χ0v) is 12.9. The van der Waals surface area contributed by atoms with Gasteiger partial charge in [-0.25, -0.2) is 8.42 Å². The Labute approximate surface area is 122 Å². The molecule has 0 aliphatic heterocycles. The van der Waals surface area contributed by atoms with Crippen molar-refractivity contribution in [2.24, 2.45) is 0 Å². The van der Waals surface area contributed by atoms with Crippen molar-refractivity contribution < 1.29 is 17.9 Å². The van der Waals surface area contributed by atoms with Gasteiger partial charge >= 0.3 is 0 Å². The number of hydrogen-bond donors (Lipinski definition) is 1. The molecule has 20 heavy (non-hydrogen) atoms. The Hall–Kier alpha value is -1.15. The summed E-state index contributed by atoms with van der Waals surface area (Å²) in [6.07, 6.45) is 0.654. The van der Waals surface area contributed by atoms with Crippen molar-refractivity contribution in [2.45, 2.75) is 31.1 Å². The summed E-state index contributed by atoms with van der Waals surface area (Å²) < 4.78 is 31.2. The second-order valence-electron chi connectivity index (χ2n) is 4.53. The van der Waals surface area contributed by atoms with Crippen molar-refractivity contribution in [1.82, 2.24) is 4.31 Å². The lowest BCUT2D eigenvalue weighted by molar-refractivity contribution is 0.234. The zero-order chi connectivity index (χ0) is 14.8. The highest BCUT2D eigenvalue weighted by atomic mass is 32.2. The molecule has 1 unspecified atom stereocenters. The monoisotopic (exact) mass is 315 g/mol. The Bertz CT molecular complexity index is 646. The lowest BCUT2D eigenvalue weighted by atomic mass is 10.2. The summed E-state index contributed by atoms with van der Waals surface area (Å²) in [5.41, 5.74) is 0. The summed E-state index contributed by atoms with van der Waals surface area (Å²) in [7, 11) is -2.13. The van der Waals surface area contributed by atoms with Crippen LogP contribution in [0.2, 0.25) is 0 Å². The second-order valence-corrected chi connectivity index (χ2v) is 7.49.